The molecule has 1 aliphatic heterocycles. The number of hydrogen-bond donors (Lipinski definition) is 2. The second-order valence-electron chi connectivity index (χ2n) is 1.50. The molecule has 1 aliphatic rings. The highest BCUT2D eigenvalue weighted by molar-refractivity contribution is 14.1. The molecule has 1 unspecified atom stereocenters. The number of nitrogens with one attached hydrogen (secondary N) is 1. The van der Waals surface area contributed by atoms with E-state index in [4.69, 9.17) is 5.11 Å². The van der Waals surface area contributed by atoms with E-state index in [9.17, 15) is 0 Å². The van der Waals surface area contributed by atoms with Gasteiger partial charge in [-0.2, -0.15) is 0 Å². The maximum absolute atomic E-state index is 8.84. The monoisotopic (exact) mass is 223 g/mol. The van der Waals surface area contributed by atoms with Crippen molar-refractivity contribution < 1.29 is 5.11 Å². The molecule has 44 valence electrons. The summed E-state index contributed by atoms with van der Waals surface area (Å²) in [5, 5.41) is 11.5. The molecule has 2 nitrogen and oxygen atoms in total. The van der Waals surface area contributed by atoms with Crippen LogP contribution in [0.2, 0.25) is 0 Å². The largest absolute Gasteiger partial charge is 0.370 e. The lowest BCUT2D eigenvalue weighted by Crippen LogP contribution is -2.22. The highest BCUT2D eigenvalue weighted by Crippen LogP contribution is 2.10. The molecule has 0 radical (unpaired) electrons. The van der Waals surface area contributed by atoms with E-state index in [0.717, 1.165) is 3.58 Å². The van der Waals surface area contributed by atoms with Gasteiger partial charge in [-0.05, 0) is 40.9 Å². The topological polar surface area (TPSA) is 32.3 Å². The predicted molar refractivity (Wildman–Crippen MR) is 40.4 cm³/mol. The van der Waals surface area contributed by atoms with E-state index in [1.807, 2.05) is 6.08 Å². The van der Waals surface area contributed by atoms with Crippen molar-refractivity contribution in [3.8, 4) is 0 Å². The molecular weight excluding hydrogens is 217 g/mol. The molecule has 0 aromatic carbocycles. The Bertz CT molecular complexity index is 141. The lowest BCUT2D eigenvalue weighted by atomic mass is 10.4. The Morgan fingerprint density at radius 1 is 1.75 bits per heavy atom. The van der Waals surface area contributed by atoms with Gasteiger partial charge in [-0.3, -0.25) is 0 Å². The maximum Gasteiger partial charge on any atom is 0.144 e. The number of dihydropyridines is 1. The second kappa shape index (κ2) is 2.50. The van der Waals surface area contributed by atoms with Crippen LogP contribution in [0, 0.1) is 0 Å². The Balaban J connectivity index is 2.63. The van der Waals surface area contributed by atoms with Crippen molar-refractivity contribution in [1.82, 2.24) is 5.32 Å². The highest BCUT2D eigenvalue weighted by Gasteiger charge is 1.99. The molecule has 3 heteroatoms. The molecule has 2 N–H and O–H groups in total. The Hall–Kier alpha value is -0.0300. The zero-order chi connectivity index (χ0) is 5.98. The Morgan fingerprint density at radius 2 is 2.50 bits per heavy atom. The highest BCUT2D eigenvalue weighted by atomic mass is 127. The summed E-state index contributed by atoms with van der Waals surface area (Å²) in [6.07, 6.45) is 4.87. The molecule has 0 saturated carbocycles. The van der Waals surface area contributed by atoms with Gasteiger partial charge in [-0.1, -0.05) is 0 Å². The zero-order valence-electron chi connectivity index (χ0n) is 4.13. The summed E-state index contributed by atoms with van der Waals surface area (Å²) in [4.78, 5) is 0. The summed E-state index contributed by atoms with van der Waals surface area (Å²) in [5.74, 6) is 0. The van der Waals surface area contributed by atoms with Crippen LogP contribution in [0.1, 0.15) is 0 Å². The predicted octanol–water partition coefficient (Wildman–Crippen LogP) is 0.741. The van der Waals surface area contributed by atoms with Crippen molar-refractivity contribution in [3.05, 3.63) is 21.9 Å². The molecule has 1 heterocycles. The summed E-state index contributed by atoms with van der Waals surface area (Å²) in [6.45, 7) is 0. The van der Waals surface area contributed by atoms with Crippen LogP contribution in [0.5, 0.6) is 0 Å². The van der Waals surface area contributed by atoms with Gasteiger partial charge >= 0.3 is 0 Å². The van der Waals surface area contributed by atoms with E-state index < -0.39 is 6.23 Å². The first-order valence-electron chi connectivity index (χ1n) is 2.27. The average Bonchev–Trinajstić information content (AvgIpc) is 1.64. The zero-order valence-corrected chi connectivity index (χ0v) is 6.29. The molecule has 0 aromatic rings. The molecule has 1 rings (SSSR count). The van der Waals surface area contributed by atoms with E-state index in [2.05, 4.69) is 27.9 Å². The van der Waals surface area contributed by atoms with E-state index in [1.54, 1.807) is 12.3 Å². The molecule has 0 aromatic heterocycles. The summed E-state index contributed by atoms with van der Waals surface area (Å²) in [6, 6.07) is 0. The SMILES string of the molecule is OC1C=C(I)C=CN1. The molecule has 0 saturated heterocycles. The smallest absolute Gasteiger partial charge is 0.144 e. The van der Waals surface area contributed by atoms with Crippen LogP contribution in [0.3, 0.4) is 0 Å². The van der Waals surface area contributed by atoms with Gasteiger partial charge in [0, 0.05) is 3.58 Å². The Labute approximate surface area is 61.4 Å². The van der Waals surface area contributed by atoms with Gasteiger partial charge in [-0.25, -0.2) is 0 Å². The van der Waals surface area contributed by atoms with Crippen molar-refractivity contribution in [2.45, 2.75) is 6.23 Å². The van der Waals surface area contributed by atoms with Gasteiger partial charge in [-0.15, -0.1) is 0 Å². The third-order valence-corrected chi connectivity index (χ3v) is 1.55. The van der Waals surface area contributed by atoms with Gasteiger partial charge in [0.15, 0.2) is 0 Å². The maximum atomic E-state index is 8.84. The quantitative estimate of drug-likeness (QED) is 0.593. The van der Waals surface area contributed by atoms with Gasteiger partial charge < -0.3 is 10.4 Å². The van der Waals surface area contributed by atoms with Crippen molar-refractivity contribution >= 4 is 22.6 Å². The van der Waals surface area contributed by atoms with Crippen LogP contribution < -0.4 is 5.32 Å². The summed E-state index contributed by atoms with van der Waals surface area (Å²) in [5.41, 5.74) is 0. The first kappa shape index (κ1) is 6.10. The fourth-order valence-corrected chi connectivity index (χ4v) is 1.00. The van der Waals surface area contributed by atoms with E-state index in [-0.39, 0.29) is 0 Å². The van der Waals surface area contributed by atoms with E-state index in [1.165, 1.54) is 0 Å². The van der Waals surface area contributed by atoms with Crippen LogP contribution in [0.4, 0.5) is 0 Å². The summed E-state index contributed by atoms with van der Waals surface area (Å²) in [7, 11) is 0. The molecule has 0 fully saturated rings. The van der Waals surface area contributed by atoms with E-state index in [0.29, 0.717) is 0 Å². The van der Waals surface area contributed by atoms with Gasteiger partial charge in [0.2, 0.25) is 0 Å². The minimum atomic E-state index is -0.494. The number of hydrogen-bond acceptors (Lipinski definition) is 2. The molecule has 1 atom stereocenters. The number of halogens is 1. The molecular formula is C5H6INO. The average molecular weight is 223 g/mol. The standard InChI is InChI=1S/C5H6INO/c6-4-1-2-7-5(8)3-4/h1-3,5,7-8H. The first-order chi connectivity index (χ1) is 3.79. The number of rotatable bonds is 0. The number of aliphatic hydroxyl groups excluding tert-OH is 1. The fraction of sp³-hybridized carbons (Fsp3) is 0.200. The third kappa shape index (κ3) is 1.48. The Kier molecular flexibility index (Phi) is 1.90. The minimum absolute atomic E-state index is 0.494. The van der Waals surface area contributed by atoms with Crippen molar-refractivity contribution in [1.29, 1.82) is 0 Å². The Morgan fingerprint density at radius 3 is 2.88 bits per heavy atom. The van der Waals surface area contributed by atoms with Gasteiger partial charge in [0.05, 0.1) is 0 Å². The van der Waals surface area contributed by atoms with Crippen molar-refractivity contribution in [2.24, 2.45) is 0 Å². The second-order valence-corrected chi connectivity index (χ2v) is 2.74. The lowest BCUT2D eigenvalue weighted by Gasteiger charge is -2.09. The minimum Gasteiger partial charge on any atom is -0.370 e. The van der Waals surface area contributed by atoms with Crippen molar-refractivity contribution in [3.63, 3.8) is 0 Å². The molecule has 0 aliphatic carbocycles. The summed E-state index contributed by atoms with van der Waals surface area (Å²) < 4.78 is 1.06. The van der Waals surface area contributed by atoms with Crippen LogP contribution >= 0.6 is 22.6 Å². The molecule has 0 amide bonds. The van der Waals surface area contributed by atoms with Crippen LogP contribution in [0.15, 0.2) is 21.9 Å². The van der Waals surface area contributed by atoms with E-state index >= 15 is 0 Å². The number of aliphatic hydroxyl groups is 1. The first-order valence-corrected chi connectivity index (χ1v) is 3.35. The van der Waals surface area contributed by atoms with Gasteiger partial charge in [0.25, 0.3) is 0 Å². The van der Waals surface area contributed by atoms with Crippen LogP contribution in [-0.4, -0.2) is 11.3 Å². The molecule has 8 heavy (non-hydrogen) atoms. The number of allylic oxidation sites excluding steroid dienone is 2. The van der Waals surface area contributed by atoms with Gasteiger partial charge in [0.1, 0.15) is 6.23 Å². The lowest BCUT2D eigenvalue weighted by molar-refractivity contribution is 0.201. The van der Waals surface area contributed by atoms with Crippen LogP contribution in [0.25, 0.3) is 0 Å². The van der Waals surface area contributed by atoms with Crippen molar-refractivity contribution in [2.75, 3.05) is 0 Å². The molecule has 0 bridgehead atoms. The molecule has 0 spiro atoms. The summed E-state index contributed by atoms with van der Waals surface area (Å²) >= 11 is 2.15. The normalized spacial score (nSPS) is 26.8. The third-order valence-electron chi connectivity index (χ3n) is 0.827. The van der Waals surface area contributed by atoms with Crippen LogP contribution in [-0.2, 0) is 0 Å². The fourth-order valence-electron chi connectivity index (χ4n) is 0.481.